The standard InChI is InChI=1S/C10H20O2/c1-8(2)4-5-10(11)6-7-12-9(10)3/h8-9,11H,4-7H2,1-3H3. The number of hydrogen-bond donors (Lipinski definition) is 1. The minimum absolute atomic E-state index is 0.0243. The van der Waals surface area contributed by atoms with Crippen LogP contribution in [0.4, 0.5) is 0 Å². The van der Waals surface area contributed by atoms with Crippen LogP contribution in [0.25, 0.3) is 0 Å². The normalized spacial score (nSPS) is 36.2. The molecule has 2 unspecified atom stereocenters. The molecule has 1 fully saturated rings. The van der Waals surface area contributed by atoms with Crippen molar-refractivity contribution in [1.29, 1.82) is 0 Å². The second-order valence-electron chi connectivity index (χ2n) is 4.30. The largest absolute Gasteiger partial charge is 0.387 e. The smallest absolute Gasteiger partial charge is 0.0927 e. The van der Waals surface area contributed by atoms with Gasteiger partial charge < -0.3 is 9.84 Å². The Morgan fingerprint density at radius 1 is 1.58 bits per heavy atom. The Bertz CT molecular complexity index is 145. The van der Waals surface area contributed by atoms with Gasteiger partial charge in [-0.3, -0.25) is 0 Å². The molecule has 72 valence electrons. The van der Waals surface area contributed by atoms with Gasteiger partial charge in [0.15, 0.2) is 0 Å². The maximum atomic E-state index is 10.1. The predicted molar refractivity (Wildman–Crippen MR) is 49.1 cm³/mol. The molecule has 1 N–H and O–H groups in total. The summed E-state index contributed by atoms with van der Waals surface area (Å²) in [6, 6.07) is 0. The summed E-state index contributed by atoms with van der Waals surface area (Å²) in [5.74, 6) is 0.668. The second kappa shape index (κ2) is 3.75. The minimum Gasteiger partial charge on any atom is -0.387 e. The highest BCUT2D eigenvalue weighted by Crippen LogP contribution is 2.31. The summed E-state index contributed by atoms with van der Waals surface area (Å²) in [4.78, 5) is 0. The molecule has 1 rings (SSSR count). The lowest BCUT2D eigenvalue weighted by atomic mass is 9.88. The van der Waals surface area contributed by atoms with Crippen LogP contribution < -0.4 is 0 Å². The van der Waals surface area contributed by atoms with Crippen molar-refractivity contribution >= 4 is 0 Å². The fourth-order valence-electron chi connectivity index (χ4n) is 1.64. The fraction of sp³-hybridized carbons (Fsp3) is 1.00. The van der Waals surface area contributed by atoms with Gasteiger partial charge in [0.05, 0.1) is 11.7 Å². The number of aliphatic hydroxyl groups is 1. The molecule has 2 heteroatoms. The van der Waals surface area contributed by atoms with Gasteiger partial charge in [-0.25, -0.2) is 0 Å². The first kappa shape index (κ1) is 10.0. The predicted octanol–water partition coefficient (Wildman–Crippen LogP) is 1.96. The highest BCUT2D eigenvalue weighted by molar-refractivity contribution is 4.89. The van der Waals surface area contributed by atoms with Crippen molar-refractivity contribution in [2.24, 2.45) is 5.92 Å². The number of ether oxygens (including phenoxy) is 1. The molecule has 0 saturated carbocycles. The van der Waals surface area contributed by atoms with Crippen molar-refractivity contribution in [2.45, 2.75) is 51.7 Å². The first-order chi connectivity index (χ1) is 5.54. The average molecular weight is 172 g/mol. The Kier molecular flexibility index (Phi) is 3.13. The highest BCUT2D eigenvalue weighted by atomic mass is 16.5. The van der Waals surface area contributed by atoms with Crippen LogP contribution in [-0.4, -0.2) is 23.4 Å². The van der Waals surface area contributed by atoms with E-state index in [9.17, 15) is 5.11 Å². The lowest BCUT2D eigenvalue weighted by Gasteiger charge is -2.26. The Labute approximate surface area is 74.9 Å². The Hall–Kier alpha value is -0.0800. The number of rotatable bonds is 3. The molecule has 0 amide bonds. The van der Waals surface area contributed by atoms with Gasteiger partial charge in [-0.05, 0) is 25.7 Å². The molecule has 0 bridgehead atoms. The summed E-state index contributed by atoms with van der Waals surface area (Å²) >= 11 is 0. The monoisotopic (exact) mass is 172 g/mol. The van der Waals surface area contributed by atoms with E-state index in [-0.39, 0.29) is 6.10 Å². The molecule has 2 atom stereocenters. The maximum absolute atomic E-state index is 10.1. The van der Waals surface area contributed by atoms with Crippen LogP contribution in [0, 0.1) is 5.92 Å². The van der Waals surface area contributed by atoms with Crippen LogP contribution in [-0.2, 0) is 4.74 Å². The Morgan fingerprint density at radius 3 is 2.67 bits per heavy atom. The van der Waals surface area contributed by atoms with Crippen molar-refractivity contribution in [3.63, 3.8) is 0 Å². The molecular weight excluding hydrogens is 152 g/mol. The van der Waals surface area contributed by atoms with Crippen LogP contribution in [0.15, 0.2) is 0 Å². The topological polar surface area (TPSA) is 29.5 Å². The Morgan fingerprint density at radius 2 is 2.25 bits per heavy atom. The summed E-state index contributed by atoms with van der Waals surface area (Å²) in [6.45, 7) is 7.05. The molecule has 2 nitrogen and oxygen atoms in total. The van der Waals surface area contributed by atoms with E-state index >= 15 is 0 Å². The summed E-state index contributed by atoms with van der Waals surface area (Å²) in [6.07, 6.45) is 2.80. The summed E-state index contributed by atoms with van der Waals surface area (Å²) < 4.78 is 5.35. The van der Waals surface area contributed by atoms with E-state index in [0.717, 1.165) is 25.9 Å². The summed E-state index contributed by atoms with van der Waals surface area (Å²) in [7, 11) is 0. The van der Waals surface area contributed by atoms with Gasteiger partial charge in [-0.1, -0.05) is 13.8 Å². The van der Waals surface area contributed by atoms with E-state index in [1.165, 1.54) is 0 Å². The van der Waals surface area contributed by atoms with Gasteiger partial charge in [0.1, 0.15) is 0 Å². The highest BCUT2D eigenvalue weighted by Gasteiger charge is 2.38. The van der Waals surface area contributed by atoms with Crippen molar-refractivity contribution in [1.82, 2.24) is 0 Å². The van der Waals surface area contributed by atoms with Crippen LogP contribution in [0.3, 0.4) is 0 Å². The number of hydrogen-bond acceptors (Lipinski definition) is 2. The van der Waals surface area contributed by atoms with E-state index < -0.39 is 5.60 Å². The molecule has 0 aromatic rings. The minimum atomic E-state index is -0.537. The molecule has 1 aliphatic heterocycles. The van der Waals surface area contributed by atoms with Crippen molar-refractivity contribution in [2.75, 3.05) is 6.61 Å². The molecule has 0 aromatic heterocycles. The molecule has 0 aliphatic carbocycles. The third kappa shape index (κ3) is 2.20. The van der Waals surface area contributed by atoms with Crippen molar-refractivity contribution in [3.8, 4) is 0 Å². The maximum Gasteiger partial charge on any atom is 0.0927 e. The van der Waals surface area contributed by atoms with Gasteiger partial charge >= 0.3 is 0 Å². The Balaban J connectivity index is 2.37. The average Bonchev–Trinajstić information content (AvgIpc) is 2.30. The van der Waals surface area contributed by atoms with E-state index in [1.54, 1.807) is 0 Å². The van der Waals surface area contributed by atoms with E-state index in [2.05, 4.69) is 13.8 Å². The van der Waals surface area contributed by atoms with Gasteiger partial charge in [-0.15, -0.1) is 0 Å². The van der Waals surface area contributed by atoms with Crippen LogP contribution in [0.5, 0.6) is 0 Å². The van der Waals surface area contributed by atoms with E-state index in [1.807, 2.05) is 6.92 Å². The SMILES string of the molecule is CC(C)CCC1(O)CCOC1C. The third-order valence-corrected chi connectivity index (χ3v) is 2.81. The zero-order chi connectivity index (χ0) is 9.19. The molecule has 1 heterocycles. The van der Waals surface area contributed by atoms with Gasteiger partial charge in [0.2, 0.25) is 0 Å². The van der Waals surface area contributed by atoms with Gasteiger partial charge in [0.25, 0.3) is 0 Å². The fourth-order valence-corrected chi connectivity index (χ4v) is 1.64. The lowest BCUT2D eigenvalue weighted by molar-refractivity contribution is -0.0360. The van der Waals surface area contributed by atoms with Gasteiger partial charge in [-0.2, -0.15) is 0 Å². The first-order valence-electron chi connectivity index (χ1n) is 4.88. The molecule has 0 spiro atoms. The van der Waals surface area contributed by atoms with Crippen LogP contribution >= 0.6 is 0 Å². The zero-order valence-corrected chi connectivity index (χ0v) is 8.34. The van der Waals surface area contributed by atoms with Crippen molar-refractivity contribution in [3.05, 3.63) is 0 Å². The zero-order valence-electron chi connectivity index (χ0n) is 8.34. The molecule has 0 radical (unpaired) electrons. The molecule has 12 heavy (non-hydrogen) atoms. The van der Waals surface area contributed by atoms with Crippen LogP contribution in [0.2, 0.25) is 0 Å². The quantitative estimate of drug-likeness (QED) is 0.705. The molecular formula is C10H20O2. The summed E-state index contributed by atoms with van der Waals surface area (Å²) in [5, 5.41) is 10.1. The molecule has 1 aliphatic rings. The molecule has 0 aromatic carbocycles. The van der Waals surface area contributed by atoms with E-state index in [0.29, 0.717) is 5.92 Å². The molecule has 1 saturated heterocycles. The van der Waals surface area contributed by atoms with Crippen LogP contribution in [0.1, 0.15) is 40.0 Å². The third-order valence-electron chi connectivity index (χ3n) is 2.81. The van der Waals surface area contributed by atoms with E-state index in [4.69, 9.17) is 4.74 Å². The van der Waals surface area contributed by atoms with Crippen molar-refractivity contribution < 1.29 is 9.84 Å². The first-order valence-corrected chi connectivity index (χ1v) is 4.88. The van der Waals surface area contributed by atoms with Gasteiger partial charge in [0, 0.05) is 13.0 Å². The summed E-state index contributed by atoms with van der Waals surface area (Å²) in [5.41, 5.74) is -0.537. The lowest BCUT2D eigenvalue weighted by Crippen LogP contribution is -2.36. The second-order valence-corrected chi connectivity index (χ2v) is 4.30.